The molecule has 3 nitrogen and oxygen atoms in total. The van der Waals surface area contributed by atoms with Crippen LogP contribution in [0.2, 0.25) is 10.0 Å². The highest BCUT2D eigenvalue weighted by Gasteiger charge is 2.06. The maximum Gasteiger partial charge on any atom is 0.156 e. The minimum Gasteiger partial charge on any atom is -0.493 e. The van der Waals surface area contributed by atoms with Gasteiger partial charge in [0.05, 0.1) is 34.9 Å². The van der Waals surface area contributed by atoms with E-state index in [0.717, 1.165) is 5.75 Å². The molecule has 0 spiro atoms. The lowest BCUT2D eigenvalue weighted by Gasteiger charge is -2.10. The summed E-state index contributed by atoms with van der Waals surface area (Å²) >= 11 is 12.0. The molecule has 21 heavy (non-hydrogen) atoms. The minimum absolute atomic E-state index is 0.458. The maximum absolute atomic E-state index is 8.70. The molecular weight excluding hydrogens is 309 g/mol. The van der Waals surface area contributed by atoms with Crippen LogP contribution in [0.1, 0.15) is 12.0 Å². The molecule has 0 aliphatic rings. The molecule has 0 heterocycles. The van der Waals surface area contributed by atoms with E-state index in [2.05, 4.69) is 6.07 Å². The SMILES string of the molecule is N#Cc1ccc(OCCCOc2c(Cl)cccc2Cl)cc1. The molecule has 0 aliphatic carbocycles. The van der Waals surface area contributed by atoms with Gasteiger partial charge in [0.1, 0.15) is 5.75 Å². The van der Waals surface area contributed by atoms with E-state index >= 15 is 0 Å². The molecule has 0 aliphatic heterocycles. The van der Waals surface area contributed by atoms with E-state index in [9.17, 15) is 0 Å². The molecule has 0 unspecified atom stereocenters. The highest BCUT2D eigenvalue weighted by atomic mass is 35.5. The van der Waals surface area contributed by atoms with E-state index in [0.29, 0.717) is 41.0 Å². The van der Waals surface area contributed by atoms with Crippen LogP contribution in [-0.2, 0) is 0 Å². The van der Waals surface area contributed by atoms with E-state index in [1.807, 2.05) is 0 Å². The van der Waals surface area contributed by atoms with Crippen LogP contribution in [0.4, 0.5) is 0 Å². The van der Waals surface area contributed by atoms with Gasteiger partial charge in [-0.1, -0.05) is 29.3 Å². The number of rotatable bonds is 6. The van der Waals surface area contributed by atoms with Crippen molar-refractivity contribution in [3.63, 3.8) is 0 Å². The Hall–Kier alpha value is -1.89. The van der Waals surface area contributed by atoms with Crippen LogP contribution in [0, 0.1) is 11.3 Å². The number of halogens is 2. The summed E-state index contributed by atoms with van der Waals surface area (Å²) in [6.07, 6.45) is 0.696. The van der Waals surface area contributed by atoms with Crippen LogP contribution in [0.5, 0.6) is 11.5 Å². The van der Waals surface area contributed by atoms with Crippen LogP contribution in [0.3, 0.4) is 0 Å². The van der Waals surface area contributed by atoms with Crippen molar-refractivity contribution in [2.24, 2.45) is 0 Å². The number of hydrogen-bond acceptors (Lipinski definition) is 3. The third-order valence-electron chi connectivity index (χ3n) is 2.71. The molecule has 0 saturated carbocycles. The summed E-state index contributed by atoms with van der Waals surface area (Å²) in [5.74, 6) is 1.23. The standard InChI is InChI=1S/C16H13Cl2NO2/c17-14-3-1-4-15(18)16(14)21-10-2-9-20-13-7-5-12(11-19)6-8-13/h1,3-8H,2,9-10H2. The number of nitriles is 1. The molecule has 2 rings (SSSR count). The fourth-order valence-corrected chi connectivity index (χ4v) is 2.18. The summed E-state index contributed by atoms with van der Waals surface area (Å²) in [7, 11) is 0. The molecular formula is C16H13Cl2NO2. The van der Waals surface area contributed by atoms with Gasteiger partial charge in [0.25, 0.3) is 0 Å². The third kappa shape index (κ3) is 4.56. The first kappa shape index (κ1) is 15.5. The summed E-state index contributed by atoms with van der Waals surface area (Å²) < 4.78 is 11.1. The van der Waals surface area contributed by atoms with Gasteiger partial charge in [0.15, 0.2) is 5.75 Å². The Kier molecular flexibility index (Phi) is 5.74. The van der Waals surface area contributed by atoms with Gasteiger partial charge in [-0.2, -0.15) is 5.26 Å². The number of nitrogens with zero attached hydrogens (tertiary/aromatic N) is 1. The minimum atomic E-state index is 0.458. The van der Waals surface area contributed by atoms with Gasteiger partial charge in [-0.25, -0.2) is 0 Å². The van der Waals surface area contributed by atoms with Gasteiger partial charge in [0, 0.05) is 6.42 Å². The molecule has 0 bridgehead atoms. The molecule has 0 fully saturated rings. The quantitative estimate of drug-likeness (QED) is 0.723. The summed E-state index contributed by atoms with van der Waals surface area (Å²) in [6.45, 7) is 0.966. The van der Waals surface area contributed by atoms with Gasteiger partial charge in [-0.05, 0) is 36.4 Å². The van der Waals surface area contributed by atoms with E-state index in [1.54, 1.807) is 42.5 Å². The topological polar surface area (TPSA) is 42.2 Å². The number of ether oxygens (including phenoxy) is 2. The van der Waals surface area contributed by atoms with Crippen molar-refractivity contribution >= 4 is 23.2 Å². The first-order valence-electron chi connectivity index (χ1n) is 6.40. The summed E-state index contributed by atoms with van der Waals surface area (Å²) in [5.41, 5.74) is 0.610. The van der Waals surface area contributed by atoms with E-state index < -0.39 is 0 Å². The van der Waals surface area contributed by atoms with Crippen molar-refractivity contribution in [1.82, 2.24) is 0 Å². The third-order valence-corrected chi connectivity index (χ3v) is 3.30. The highest BCUT2D eigenvalue weighted by Crippen LogP contribution is 2.32. The van der Waals surface area contributed by atoms with Crippen molar-refractivity contribution < 1.29 is 9.47 Å². The fraction of sp³-hybridized carbons (Fsp3) is 0.188. The van der Waals surface area contributed by atoms with E-state index in [4.69, 9.17) is 37.9 Å². The molecule has 2 aromatic rings. The molecule has 0 aromatic heterocycles. The Morgan fingerprint density at radius 2 is 1.52 bits per heavy atom. The van der Waals surface area contributed by atoms with Crippen LogP contribution in [-0.4, -0.2) is 13.2 Å². The predicted octanol–water partition coefficient (Wildman–Crippen LogP) is 4.71. The molecule has 0 atom stereocenters. The van der Waals surface area contributed by atoms with Crippen molar-refractivity contribution in [2.45, 2.75) is 6.42 Å². The zero-order valence-corrected chi connectivity index (χ0v) is 12.7. The maximum atomic E-state index is 8.70. The van der Waals surface area contributed by atoms with Crippen LogP contribution >= 0.6 is 23.2 Å². The zero-order valence-electron chi connectivity index (χ0n) is 11.2. The fourth-order valence-electron chi connectivity index (χ4n) is 1.67. The van der Waals surface area contributed by atoms with Crippen molar-refractivity contribution in [2.75, 3.05) is 13.2 Å². The normalized spacial score (nSPS) is 9.95. The largest absolute Gasteiger partial charge is 0.493 e. The molecule has 0 amide bonds. The summed E-state index contributed by atoms with van der Waals surface area (Å²) in [4.78, 5) is 0. The van der Waals surface area contributed by atoms with Gasteiger partial charge in [-0.3, -0.25) is 0 Å². The van der Waals surface area contributed by atoms with E-state index in [-0.39, 0.29) is 0 Å². The lowest BCUT2D eigenvalue weighted by Crippen LogP contribution is -2.05. The van der Waals surface area contributed by atoms with Crippen molar-refractivity contribution in [3.05, 3.63) is 58.1 Å². The van der Waals surface area contributed by atoms with Crippen LogP contribution < -0.4 is 9.47 Å². The smallest absolute Gasteiger partial charge is 0.156 e. The van der Waals surface area contributed by atoms with Crippen LogP contribution in [0.15, 0.2) is 42.5 Å². The first-order chi connectivity index (χ1) is 10.2. The Balaban J connectivity index is 1.74. The lowest BCUT2D eigenvalue weighted by atomic mass is 10.2. The summed E-state index contributed by atoms with van der Waals surface area (Å²) in [5, 5.41) is 9.69. The number of hydrogen-bond donors (Lipinski definition) is 0. The molecule has 0 N–H and O–H groups in total. The van der Waals surface area contributed by atoms with Crippen molar-refractivity contribution in [3.8, 4) is 17.6 Å². The molecule has 5 heteroatoms. The van der Waals surface area contributed by atoms with Gasteiger partial charge in [-0.15, -0.1) is 0 Å². The number of benzene rings is 2. The summed E-state index contributed by atoms with van der Waals surface area (Å²) in [6, 6.07) is 14.3. The van der Waals surface area contributed by atoms with Gasteiger partial charge < -0.3 is 9.47 Å². The van der Waals surface area contributed by atoms with E-state index in [1.165, 1.54) is 0 Å². The predicted molar refractivity (Wildman–Crippen MR) is 83.2 cm³/mol. The molecule has 108 valence electrons. The second kappa shape index (κ2) is 7.78. The van der Waals surface area contributed by atoms with Gasteiger partial charge >= 0.3 is 0 Å². The number of para-hydroxylation sites is 1. The Morgan fingerprint density at radius 1 is 0.905 bits per heavy atom. The van der Waals surface area contributed by atoms with Crippen molar-refractivity contribution in [1.29, 1.82) is 5.26 Å². The highest BCUT2D eigenvalue weighted by molar-refractivity contribution is 6.37. The first-order valence-corrected chi connectivity index (χ1v) is 7.16. The monoisotopic (exact) mass is 321 g/mol. The second-order valence-corrected chi connectivity index (χ2v) is 5.05. The Labute approximate surface area is 133 Å². The lowest BCUT2D eigenvalue weighted by molar-refractivity contribution is 0.247. The molecule has 0 saturated heterocycles. The Morgan fingerprint density at radius 3 is 2.14 bits per heavy atom. The van der Waals surface area contributed by atoms with Gasteiger partial charge in [0.2, 0.25) is 0 Å². The Bertz CT molecular complexity index is 615. The average Bonchev–Trinajstić information content (AvgIpc) is 2.50. The van der Waals surface area contributed by atoms with Crippen LogP contribution in [0.25, 0.3) is 0 Å². The average molecular weight is 322 g/mol. The zero-order chi connectivity index (χ0) is 15.1. The molecule has 0 radical (unpaired) electrons. The second-order valence-electron chi connectivity index (χ2n) is 4.24. The molecule has 2 aromatic carbocycles.